The van der Waals surface area contributed by atoms with Crippen LogP contribution in [0.5, 0.6) is 0 Å². The summed E-state index contributed by atoms with van der Waals surface area (Å²) in [6.45, 7) is 17.1. The van der Waals surface area contributed by atoms with E-state index in [4.69, 9.17) is 9.16 Å². The average Bonchev–Trinajstić information content (AvgIpc) is 3.51. The maximum atomic E-state index is 14.4. The molecule has 5 aliphatic rings. The van der Waals surface area contributed by atoms with Gasteiger partial charge in [-0.3, -0.25) is 14.4 Å². The number of hydrogen-bond donors (Lipinski definition) is 1. The van der Waals surface area contributed by atoms with Crippen LogP contribution in [0.15, 0.2) is 24.3 Å². The molecule has 5 aliphatic heterocycles. The van der Waals surface area contributed by atoms with Crippen LogP contribution in [0.25, 0.3) is 0 Å². The van der Waals surface area contributed by atoms with E-state index >= 15 is 0 Å². The number of carbonyl (C=O) groups is 3. The lowest BCUT2D eigenvalue weighted by Crippen LogP contribution is -2.78. The molecule has 9 heteroatoms. The SMILES string of the molecule is CC(=O)[C@]12O[C@@]34[C@H]5[C@@H]1c1ccccc1N5CC[C@]3(C(=O)NCCO[Si](C(C)C)(C(C)C)C(C)C)CCCN4C2=O. The summed E-state index contributed by atoms with van der Waals surface area (Å²) in [5.74, 6) is -1.01. The highest BCUT2D eigenvalue weighted by molar-refractivity contribution is 6.77. The minimum atomic E-state index is -2.05. The number of benzene rings is 1. The average molecular weight is 568 g/mol. The van der Waals surface area contributed by atoms with Gasteiger partial charge in [-0.1, -0.05) is 59.7 Å². The van der Waals surface area contributed by atoms with E-state index in [9.17, 15) is 14.4 Å². The van der Waals surface area contributed by atoms with Gasteiger partial charge >= 0.3 is 0 Å². The van der Waals surface area contributed by atoms with Gasteiger partial charge in [0.1, 0.15) is 5.41 Å². The van der Waals surface area contributed by atoms with Gasteiger partial charge in [-0.05, 0) is 54.4 Å². The maximum absolute atomic E-state index is 14.4. The van der Waals surface area contributed by atoms with Gasteiger partial charge in [-0.25, -0.2) is 0 Å². The number of fused-ring (bicyclic) bond motifs is 5. The Morgan fingerprint density at radius 2 is 1.75 bits per heavy atom. The summed E-state index contributed by atoms with van der Waals surface area (Å²) in [6.07, 6.45) is 1.91. The number of nitrogens with one attached hydrogen (secondary N) is 1. The van der Waals surface area contributed by atoms with Crippen molar-refractivity contribution in [2.24, 2.45) is 5.41 Å². The Balaban J connectivity index is 1.33. The lowest BCUT2D eigenvalue weighted by molar-refractivity contribution is -0.214. The number of nitrogens with zero attached hydrogens (tertiary/aromatic N) is 2. The molecule has 1 aromatic carbocycles. The largest absolute Gasteiger partial charge is 0.414 e. The fourth-order valence-electron chi connectivity index (χ4n) is 9.89. The molecule has 6 rings (SSSR count). The van der Waals surface area contributed by atoms with Crippen molar-refractivity contribution in [3.8, 4) is 0 Å². The number of rotatable bonds is 9. The second-order valence-corrected chi connectivity index (χ2v) is 19.0. The highest BCUT2D eigenvalue weighted by Crippen LogP contribution is 2.71. The van der Waals surface area contributed by atoms with Crippen LogP contribution < -0.4 is 10.2 Å². The van der Waals surface area contributed by atoms with Crippen molar-refractivity contribution in [2.75, 3.05) is 31.1 Å². The monoisotopic (exact) mass is 567 g/mol. The van der Waals surface area contributed by atoms with E-state index in [1.807, 2.05) is 18.2 Å². The summed E-state index contributed by atoms with van der Waals surface area (Å²) in [7, 11) is -2.05. The Morgan fingerprint density at radius 1 is 1.07 bits per heavy atom. The molecule has 40 heavy (non-hydrogen) atoms. The Morgan fingerprint density at radius 3 is 2.40 bits per heavy atom. The van der Waals surface area contributed by atoms with E-state index < -0.39 is 31.0 Å². The number of carbonyl (C=O) groups excluding carboxylic acids is 3. The van der Waals surface area contributed by atoms with Crippen LogP contribution in [0.1, 0.15) is 79.2 Å². The molecule has 8 nitrogen and oxygen atoms in total. The van der Waals surface area contributed by atoms with Gasteiger partial charge in [0, 0.05) is 25.3 Å². The molecule has 1 spiro atoms. The van der Waals surface area contributed by atoms with Crippen LogP contribution >= 0.6 is 0 Å². The number of piperidine rings is 3. The molecule has 1 N–H and O–H groups in total. The third-order valence-corrected chi connectivity index (χ3v) is 17.3. The van der Waals surface area contributed by atoms with Crippen molar-refractivity contribution in [1.29, 1.82) is 0 Å². The van der Waals surface area contributed by atoms with Crippen LogP contribution in [-0.2, 0) is 23.5 Å². The Labute approximate surface area is 239 Å². The first-order valence-corrected chi connectivity index (χ1v) is 17.4. The summed E-state index contributed by atoms with van der Waals surface area (Å²) < 4.78 is 13.6. The highest BCUT2D eigenvalue weighted by Gasteiger charge is 2.87. The second-order valence-electron chi connectivity index (χ2n) is 13.6. The van der Waals surface area contributed by atoms with Crippen LogP contribution in [0, 0.1) is 5.41 Å². The molecule has 5 heterocycles. The zero-order valence-electron chi connectivity index (χ0n) is 25.1. The quantitative estimate of drug-likeness (QED) is 0.271. The van der Waals surface area contributed by atoms with E-state index in [0.717, 1.165) is 11.3 Å². The Kier molecular flexibility index (Phi) is 6.37. The summed E-state index contributed by atoms with van der Waals surface area (Å²) in [5.41, 5.74) is -0.204. The van der Waals surface area contributed by atoms with Crippen molar-refractivity contribution in [1.82, 2.24) is 10.2 Å². The van der Waals surface area contributed by atoms with Crippen LogP contribution in [0.3, 0.4) is 0 Å². The summed E-state index contributed by atoms with van der Waals surface area (Å²) in [4.78, 5) is 46.0. The lowest BCUT2D eigenvalue weighted by atomic mass is 9.59. The number of Topliss-reactive ketones (excluding diaryl/α,β-unsaturated/α-hetero) is 1. The molecule has 0 unspecified atom stereocenters. The van der Waals surface area contributed by atoms with Crippen LogP contribution in [-0.4, -0.2) is 74.4 Å². The molecule has 4 fully saturated rings. The standard InChI is InChI=1S/C31H45N3O5Si/c1-19(2)40(20(3)4,21(5)6)38-18-15-32-27(36)29-13-10-16-34-28(37)30(22(7)35)25-23-11-8-9-12-24(23)33(17-14-29)26(25)31(29,34)39-30/h8-9,11-12,19-21,25-26H,10,13-18H2,1-7H3,(H,32,36)/t25-,26+,29-,30-,31-/m0/s1. The van der Waals surface area contributed by atoms with Gasteiger partial charge in [-0.15, -0.1) is 0 Å². The highest BCUT2D eigenvalue weighted by atomic mass is 28.4. The van der Waals surface area contributed by atoms with Crippen molar-refractivity contribution < 1.29 is 23.5 Å². The van der Waals surface area contributed by atoms with Crippen molar-refractivity contribution in [3.63, 3.8) is 0 Å². The second kappa shape index (κ2) is 9.13. The molecule has 0 radical (unpaired) electrons. The van der Waals surface area contributed by atoms with Gasteiger partial charge in [0.2, 0.25) is 11.5 Å². The van der Waals surface area contributed by atoms with E-state index in [2.05, 4.69) is 57.8 Å². The predicted molar refractivity (Wildman–Crippen MR) is 156 cm³/mol. The van der Waals surface area contributed by atoms with Gasteiger partial charge in [-0.2, -0.15) is 0 Å². The first-order valence-electron chi connectivity index (χ1n) is 15.2. The molecule has 5 atom stereocenters. The van der Waals surface area contributed by atoms with E-state index in [-0.39, 0.29) is 23.6 Å². The molecule has 2 bridgehead atoms. The lowest BCUT2D eigenvalue weighted by Gasteiger charge is -2.61. The van der Waals surface area contributed by atoms with E-state index in [1.54, 1.807) is 4.90 Å². The minimum Gasteiger partial charge on any atom is -0.414 e. The Bertz CT molecular complexity index is 1230. The van der Waals surface area contributed by atoms with Gasteiger partial charge in [0.05, 0.1) is 18.6 Å². The molecule has 1 aromatic rings. The number of ether oxygens (including phenoxy) is 1. The molecular formula is C31H45N3O5Si. The molecule has 2 amide bonds. The van der Waals surface area contributed by atoms with Gasteiger partial charge < -0.3 is 24.3 Å². The number of hydrogen-bond acceptors (Lipinski definition) is 6. The normalized spacial score (nSPS) is 33.7. The number of anilines is 1. The van der Waals surface area contributed by atoms with Gasteiger partial charge in [0.25, 0.3) is 5.91 Å². The van der Waals surface area contributed by atoms with E-state index in [1.165, 1.54) is 6.92 Å². The first-order chi connectivity index (χ1) is 18.9. The predicted octanol–water partition coefficient (Wildman–Crippen LogP) is 4.35. The summed E-state index contributed by atoms with van der Waals surface area (Å²) in [5, 5.41) is 3.24. The zero-order valence-corrected chi connectivity index (χ0v) is 26.1. The third kappa shape index (κ3) is 3.06. The van der Waals surface area contributed by atoms with Crippen molar-refractivity contribution >= 4 is 31.6 Å². The summed E-state index contributed by atoms with van der Waals surface area (Å²) >= 11 is 0. The van der Waals surface area contributed by atoms with Crippen LogP contribution in [0.2, 0.25) is 16.6 Å². The number of para-hydroxylation sites is 1. The molecule has 4 saturated heterocycles. The fraction of sp³-hybridized carbons (Fsp3) is 0.710. The first kappa shape index (κ1) is 27.9. The molecule has 218 valence electrons. The maximum Gasteiger partial charge on any atom is 0.265 e. The number of ketones is 1. The smallest absolute Gasteiger partial charge is 0.265 e. The minimum absolute atomic E-state index is 0.0740. The molecular weight excluding hydrogens is 522 g/mol. The topological polar surface area (TPSA) is 88.2 Å². The molecule has 0 saturated carbocycles. The van der Waals surface area contributed by atoms with Crippen molar-refractivity contribution in [2.45, 2.75) is 108 Å². The van der Waals surface area contributed by atoms with Gasteiger partial charge in [0.15, 0.2) is 19.8 Å². The fourth-order valence-corrected chi connectivity index (χ4v) is 15.4. The Hall–Kier alpha value is -2.23. The third-order valence-electron chi connectivity index (χ3n) is 11.2. The number of amides is 2. The zero-order chi connectivity index (χ0) is 28.8. The van der Waals surface area contributed by atoms with Crippen molar-refractivity contribution in [3.05, 3.63) is 29.8 Å². The van der Waals surface area contributed by atoms with E-state index in [0.29, 0.717) is 62.1 Å². The summed E-state index contributed by atoms with van der Waals surface area (Å²) in [6, 6.07) is 7.81. The molecule has 0 aliphatic carbocycles. The van der Waals surface area contributed by atoms with Crippen LogP contribution in [0.4, 0.5) is 5.69 Å². The molecule has 0 aromatic heterocycles.